The number of benzene rings is 2. The third-order valence-corrected chi connectivity index (χ3v) is 6.01. The quantitative estimate of drug-likeness (QED) is 0.824. The molecule has 1 aliphatic rings. The van der Waals surface area contributed by atoms with Crippen LogP contribution in [0.15, 0.2) is 53.4 Å². The first-order valence-corrected chi connectivity index (χ1v) is 9.29. The number of halogens is 2. The molecule has 122 valence electrons. The van der Waals surface area contributed by atoms with Crippen molar-refractivity contribution >= 4 is 33.2 Å². The van der Waals surface area contributed by atoms with Crippen LogP contribution in [0.5, 0.6) is 0 Å². The average Bonchev–Trinajstić information content (AvgIpc) is 2.55. The zero-order valence-corrected chi connectivity index (χ0v) is 14.5. The van der Waals surface area contributed by atoms with Gasteiger partial charge in [0.15, 0.2) is 0 Å². The van der Waals surface area contributed by atoms with Gasteiger partial charge in [0.1, 0.15) is 0 Å². The van der Waals surface area contributed by atoms with E-state index in [-0.39, 0.29) is 17.5 Å². The van der Waals surface area contributed by atoms with Crippen LogP contribution in [0.2, 0.25) is 10.0 Å². The summed E-state index contributed by atoms with van der Waals surface area (Å²) in [4.78, 5) is 0.191. The van der Waals surface area contributed by atoms with Gasteiger partial charge in [0.2, 0.25) is 10.0 Å². The molecule has 0 aromatic heterocycles. The van der Waals surface area contributed by atoms with Crippen molar-refractivity contribution in [3.63, 3.8) is 0 Å². The molecule has 1 unspecified atom stereocenters. The van der Waals surface area contributed by atoms with Crippen molar-refractivity contribution in [1.29, 1.82) is 0 Å². The SMILES string of the molecule is O=S(=O)(c1cccc(Cl)c1)N1CCOC(c2cccc(Cl)c2)C1. The van der Waals surface area contributed by atoms with Crippen molar-refractivity contribution in [3.05, 3.63) is 64.1 Å². The molecule has 23 heavy (non-hydrogen) atoms. The Balaban J connectivity index is 1.86. The average molecular weight is 372 g/mol. The summed E-state index contributed by atoms with van der Waals surface area (Å²) in [6, 6.07) is 13.6. The van der Waals surface area contributed by atoms with Crippen molar-refractivity contribution in [2.45, 2.75) is 11.0 Å². The van der Waals surface area contributed by atoms with E-state index in [2.05, 4.69) is 0 Å². The predicted octanol–water partition coefficient (Wildman–Crippen LogP) is 3.76. The lowest BCUT2D eigenvalue weighted by Gasteiger charge is -2.32. The molecule has 3 rings (SSSR count). The largest absolute Gasteiger partial charge is 0.371 e. The number of hydrogen-bond donors (Lipinski definition) is 0. The molecule has 1 saturated heterocycles. The fourth-order valence-corrected chi connectivity index (χ4v) is 4.45. The van der Waals surface area contributed by atoms with Gasteiger partial charge in [-0.15, -0.1) is 0 Å². The number of nitrogens with zero attached hydrogens (tertiary/aromatic N) is 1. The van der Waals surface area contributed by atoms with Gasteiger partial charge < -0.3 is 4.74 Å². The van der Waals surface area contributed by atoms with E-state index in [0.29, 0.717) is 23.2 Å². The molecule has 0 saturated carbocycles. The molecule has 2 aromatic carbocycles. The summed E-state index contributed by atoms with van der Waals surface area (Å²) in [7, 11) is -3.60. The first-order valence-electron chi connectivity index (χ1n) is 7.09. The Kier molecular flexibility index (Phi) is 4.94. The fourth-order valence-electron chi connectivity index (χ4n) is 2.53. The second-order valence-electron chi connectivity index (χ2n) is 5.23. The molecular formula is C16H15Cl2NO3S. The molecule has 0 spiro atoms. The van der Waals surface area contributed by atoms with Gasteiger partial charge in [0, 0.05) is 23.1 Å². The van der Waals surface area contributed by atoms with Gasteiger partial charge in [-0.3, -0.25) is 0 Å². The minimum Gasteiger partial charge on any atom is -0.371 e. The van der Waals surface area contributed by atoms with Crippen molar-refractivity contribution in [1.82, 2.24) is 4.31 Å². The first kappa shape index (κ1) is 16.7. The molecule has 0 radical (unpaired) electrons. The van der Waals surface area contributed by atoms with Crippen LogP contribution in [0.1, 0.15) is 11.7 Å². The summed E-state index contributed by atoms with van der Waals surface area (Å²) in [5.41, 5.74) is 0.864. The molecule has 1 fully saturated rings. The van der Waals surface area contributed by atoms with Crippen LogP contribution in [-0.2, 0) is 14.8 Å². The zero-order valence-electron chi connectivity index (χ0n) is 12.2. The molecule has 1 aliphatic heterocycles. The lowest BCUT2D eigenvalue weighted by Crippen LogP contribution is -2.42. The maximum Gasteiger partial charge on any atom is 0.243 e. The number of morpholine rings is 1. The third kappa shape index (κ3) is 3.70. The number of ether oxygens (including phenoxy) is 1. The monoisotopic (exact) mass is 371 g/mol. The molecule has 7 heteroatoms. The Morgan fingerprint density at radius 1 is 1.04 bits per heavy atom. The van der Waals surface area contributed by atoms with Gasteiger partial charge in [-0.2, -0.15) is 4.31 Å². The second kappa shape index (κ2) is 6.79. The van der Waals surface area contributed by atoms with E-state index in [1.54, 1.807) is 30.3 Å². The molecule has 0 N–H and O–H groups in total. The van der Waals surface area contributed by atoms with Crippen molar-refractivity contribution < 1.29 is 13.2 Å². The third-order valence-electron chi connectivity index (χ3n) is 3.68. The van der Waals surface area contributed by atoms with Crippen LogP contribution >= 0.6 is 23.2 Å². The molecule has 0 aliphatic carbocycles. The van der Waals surface area contributed by atoms with Gasteiger partial charge in [0.25, 0.3) is 0 Å². The van der Waals surface area contributed by atoms with E-state index in [1.165, 1.54) is 10.4 Å². The smallest absolute Gasteiger partial charge is 0.243 e. The first-order chi connectivity index (χ1) is 11.0. The highest BCUT2D eigenvalue weighted by Gasteiger charge is 2.31. The van der Waals surface area contributed by atoms with Crippen LogP contribution < -0.4 is 0 Å². The van der Waals surface area contributed by atoms with Gasteiger partial charge >= 0.3 is 0 Å². The summed E-state index contributed by atoms with van der Waals surface area (Å²) >= 11 is 11.9. The maximum atomic E-state index is 12.8. The summed E-state index contributed by atoms with van der Waals surface area (Å²) in [5, 5.41) is 0.992. The van der Waals surface area contributed by atoms with Crippen LogP contribution in [0.25, 0.3) is 0 Å². The number of hydrogen-bond acceptors (Lipinski definition) is 3. The highest BCUT2D eigenvalue weighted by atomic mass is 35.5. The van der Waals surface area contributed by atoms with Crippen molar-refractivity contribution in [3.8, 4) is 0 Å². The Morgan fingerprint density at radius 2 is 1.74 bits per heavy atom. The van der Waals surface area contributed by atoms with Crippen LogP contribution in [0, 0.1) is 0 Å². The fraction of sp³-hybridized carbons (Fsp3) is 0.250. The second-order valence-corrected chi connectivity index (χ2v) is 8.05. The van der Waals surface area contributed by atoms with Gasteiger partial charge in [-0.05, 0) is 35.9 Å². The topological polar surface area (TPSA) is 46.6 Å². The van der Waals surface area contributed by atoms with Crippen LogP contribution in [0.3, 0.4) is 0 Å². The summed E-state index contributed by atoms with van der Waals surface area (Å²) in [6.07, 6.45) is -0.337. The summed E-state index contributed by atoms with van der Waals surface area (Å²) < 4.78 is 32.7. The van der Waals surface area contributed by atoms with E-state index < -0.39 is 10.0 Å². The molecule has 0 amide bonds. The van der Waals surface area contributed by atoms with Crippen LogP contribution in [-0.4, -0.2) is 32.4 Å². The van der Waals surface area contributed by atoms with Gasteiger partial charge in [0.05, 0.1) is 17.6 Å². The van der Waals surface area contributed by atoms with Gasteiger partial charge in [-0.25, -0.2) is 8.42 Å². The normalized spacial score (nSPS) is 19.7. The van der Waals surface area contributed by atoms with Crippen molar-refractivity contribution in [2.24, 2.45) is 0 Å². The van der Waals surface area contributed by atoms with Gasteiger partial charge in [-0.1, -0.05) is 41.4 Å². The lowest BCUT2D eigenvalue weighted by molar-refractivity contribution is -0.00255. The Labute approximate surface area is 145 Å². The van der Waals surface area contributed by atoms with E-state index >= 15 is 0 Å². The zero-order chi connectivity index (χ0) is 16.4. The molecule has 1 heterocycles. The molecule has 4 nitrogen and oxygen atoms in total. The van der Waals surface area contributed by atoms with Crippen LogP contribution in [0.4, 0.5) is 0 Å². The molecule has 2 aromatic rings. The minimum absolute atomic E-state index is 0.191. The molecule has 1 atom stereocenters. The van der Waals surface area contributed by atoms with E-state index in [0.717, 1.165) is 5.56 Å². The highest BCUT2D eigenvalue weighted by molar-refractivity contribution is 7.89. The Hall–Kier alpha value is -1.11. The Morgan fingerprint density at radius 3 is 2.43 bits per heavy atom. The summed E-state index contributed by atoms with van der Waals surface area (Å²) in [5.74, 6) is 0. The number of sulfonamides is 1. The lowest BCUT2D eigenvalue weighted by atomic mass is 10.1. The molecular weight excluding hydrogens is 357 g/mol. The number of rotatable bonds is 3. The highest BCUT2D eigenvalue weighted by Crippen LogP contribution is 2.28. The van der Waals surface area contributed by atoms with E-state index in [9.17, 15) is 8.42 Å². The van der Waals surface area contributed by atoms with E-state index in [1.807, 2.05) is 12.1 Å². The standard InChI is InChI=1S/C16H15Cl2NO3S/c17-13-4-1-3-12(9-13)16-11-19(7-8-22-16)23(20,21)15-6-2-5-14(18)10-15/h1-6,9-10,16H,7-8,11H2. The predicted molar refractivity (Wildman–Crippen MR) is 90.4 cm³/mol. The molecule has 0 bridgehead atoms. The summed E-state index contributed by atoms with van der Waals surface area (Å²) in [6.45, 7) is 0.887. The van der Waals surface area contributed by atoms with Crippen molar-refractivity contribution in [2.75, 3.05) is 19.7 Å². The Bertz CT molecular complexity index is 810. The minimum atomic E-state index is -3.60. The maximum absolute atomic E-state index is 12.8. The van der Waals surface area contributed by atoms with E-state index in [4.69, 9.17) is 27.9 Å².